The minimum absolute atomic E-state index is 0.155. The van der Waals surface area contributed by atoms with Gasteiger partial charge in [-0.1, -0.05) is 24.6 Å². The van der Waals surface area contributed by atoms with E-state index in [-0.39, 0.29) is 11.9 Å². The van der Waals surface area contributed by atoms with Crippen molar-refractivity contribution in [3.63, 3.8) is 0 Å². The van der Waals surface area contributed by atoms with Crippen LogP contribution in [0.5, 0.6) is 0 Å². The Bertz CT molecular complexity index is 683. The summed E-state index contributed by atoms with van der Waals surface area (Å²) in [6.07, 6.45) is 5.63. The van der Waals surface area contributed by atoms with Gasteiger partial charge in [-0.15, -0.1) is 0 Å². The number of benzene rings is 1. The van der Waals surface area contributed by atoms with E-state index in [1.165, 1.54) is 5.56 Å². The van der Waals surface area contributed by atoms with Crippen LogP contribution in [0.15, 0.2) is 47.8 Å². The molecule has 0 spiro atoms. The van der Waals surface area contributed by atoms with Crippen LogP contribution < -0.4 is 10.7 Å². The first-order valence-corrected chi connectivity index (χ1v) is 7.67. The van der Waals surface area contributed by atoms with E-state index >= 15 is 0 Å². The summed E-state index contributed by atoms with van der Waals surface area (Å²) in [6, 6.07) is 9.43. The number of carbonyl (C=O) groups excluding carboxylic acids is 1. The highest BCUT2D eigenvalue weighted by molar-refractivity contribution is 5.86. The predicted molar refractivity (Wildman–Crippen MR) is 93.6 cm³/mol. The first-order valence-electron chi connectivity index (χ1n) is 7.67. The number of anilines is 1. The van der Waals surface area contributed by atoms with Gasteiger partial charge in [0.1, 0.15) is 6.04 Å². The van der Waals surface area contributed by atoms with Gasteiger partial charge in [-0.3, -0.25) is 9.78 Å². The lowest BCUT2D eigenvalue weighted by Crippen LogP contribution is -2.37. The number of amides is 1. The zero-order chi connectivity index (χ0) is 16.7. The number of nitrogens with zero attached hydrogens (tertiary/aromatic N) is 2. The third-order valence-electron chi connectivity index (χ3n) is 3.53. The van der Waals surface area contributed by atoms with E-state index in [1.54, 1.807) is 18.6 Å². The van der Waals surface area contributed by atoms with Gasteiger partial charge in [0.2, 0.25) is 0 Å². The Kier molecular flexibility index (Phi) is 5.86. The normalized spacial score (nSPS) is 12.1. The molecule has 23 heavy (non-hydrogen) atoms. The van der Waals surface area contributed by atoms with E-state index < -0.39 is 0 Å². The predicted octanol–water partition coefficient (Wildman–Crippen LogP) is 3.04. The fourth-order valence-electron chi connectivity index (χ4n) is 2.21. The third kappa shape index (κ3) is 4.92. The summed E-state index contributed by atoms with van der Waals surface area (Å²) in [5.41, 5.74) is 6.76. The number of hydrogen-bond acceptors (Lipinski definition) is 4. The van der Waals surface area contributed by atoms with Crippen molar-refractivity contribution in [2.24, 2.45) is 5.10 Å². The van der Waals surface area contributed by atoms with Gasteiger partial charge in [0.05, 0.1) is 6.21 Å². The van der Waals surface area contributed by atoms with Crippen LogP contribution in [0.2, 0.25) is 0 Å². The van der Waals surface area contributed by atoms with Crippen molar-refractivity contribution >= 4 is 17.8 Å². The number of rotatable bonds is 6. The molecule has 0 aliphatic heterocycles. The molecule has 5 nitrogen and oxygen atoms in total. The second-order valence-corrected chi connectivity index (χ2v) is 5.44. The fraction of sp³-hybridized carbons (Fsp3) is 0.278. The molecule has 0 saturated carbocycles. The number of carbonyl (C=O) groups is 1. The molecule has 0 unspecified atom stereocenters. The molecule has 1 aromatic carbocycles. The molecule has 1 heterocycles. The van der Waals surface area contributed by atoms with Crippen LogP contribution in [0.3, 0.4) is 0 Å². The average molecular weight is 310 g/mol. The maximum absolute atomic E-state index is 12.2. The highest BCUT2D eigenvalue weighted by atomic mass is 16.2. The van der Waals surface area contributed by atoms with Crippen molar-refractivity contribution in [1.82, 2.24) is 10.4 Å². The van der Waals surface area contributed by atoms with Crippen LogP contribution in [0.4, 0.5) is 5.69 Å². The summed E-state index contributed by atoms with van der Waals surface area (Å²) in [5, 5.41) is 7.27. The summed E-state index contributed by atoms with van der Waals surface area (Å²) >= 11 is 0. The van der Waals surface area contributed by atoms with E-state index in [4.69, 9.17) is 0 Å². The molecule has 1 aromatic heterocycles. The molecule has 0 aliphatic carbocycles. The molecule has 120 valence electrons. The Hall–Kier alpha value is -2.69. The van der Waals surface area contributed by atoms with Crippen molar-refractivity contribution < 1.29 is 4.79 Å². The van der Waals surface area contributed by atoms with Crippen LogP contribution in [0.1, 0.15) is 30.0 Å². The molecule has 0 saturated heterocycles. The Morgan fingerprint density at radius 2 is 2.00 bits per heavy atom. The topological polar surface area (TPSA) is 66.4 Å². The average Bonchev–Trinajstić information content (AvgIpc) is 2.55. The van der Waals surface area contributed by atoms with Crippen molar-refractivity contribution in [2.45, 2.75) is 33.2 Å². The second-order valence-electron chi connectivity index (χ2n) is 5.44. The zero-order valence-corrected chi connectivity index (χ0v) is 13.7. The van der Waals surface area contributed by atoms with E-state index in [0.29, 0.717) is 6.42 Å². The first kappa shape index (κ1) is 16.7. The number of hydrogen-bond donors (Lipinski definition) is 2. The van der Waals surface area contributed by atoms with Gasteiger partial charge in [-0.05, 0) is 49.6 Å². The van der Waals surface area contributed by atoms with Crippen molar-refractivity contribution in [3.05, 3.63) is 59.4 Å². The Balaban J connectivity index is 1.97. The maximum Gasteiger partial charge on any atom is 0.262 e. The molecule has 2 aromatic rings. The van der Waals surface area contributed by atoms with E-state index in [9.17, 15) is 4.79 Å². The van der Waals surface area contributed by atoms with Crippen LogP contribution >= 0.6 is 0 Å². The highest BCUT2D eigenvalue weighted by Crippen LogP contribution is 2.17. The van der Waals surface area contributed by atoms with Crippen LogP contribution in [0, 0.1) is 13.8 Å². The number of hydrazone groups is 1. The summed E-state index contributed by atoms with van der Waals surface area (Å²) in [6.45, 7) is 6.05. The molecule has 1 amide bonds. The van der Waals surface area contributed by atoms with Gasteiger partial charge < -0.3 is 5.32 Å². The number of aryl methyl sites for hydroxylation is 2. The molecule has 2 rings (SSSR count). The first-order chi connectivity index (χ1) is 11.1. The van der Waals surface area contributed by atoms with Crippen LogP contribution in [-0.4, -0.2) is 23.1 Å². The summed E-state index contributed by atoms with van der Waals surface area (Å²) in [7, 11) is 0. The Morgan fingerprint density at radius 1 is 1.26 bits per heavy atom. The van der Waals surface area contributed by atoms with E-state index in [1.807, 2.05) is 38.1 Å². The monoisotopic (exact) mass is 310 g/mol. The minimum Gasteiger partial charge on any atom is -0.373 e. The van der Waals surface area contributed by atoms with Gasteiger partial charge in [0.15, 0.2) is 0 Å². The fourth-order valence-corrected chi connectivity index (χ4v) is 2.21. The van der Waals surface area contributed by atoms with E-state index in [2.05, 4.69) is 33.8 Å². The van der Waals surface area contributed by atoms with Crippen molar-refractivity contribution in [2.75, 3.05) is 5.32 Å². The SMILES string of the molecule is CC[C@H](Nc1ccc(C)cc1C)C(=O)NN=Cc1ccncc1. The van der Waals surface area contributed by atoms with Crippen LogP contribution in [0.25, 0.3) is 0 Å². The molecule has 2 N–H and O–H groups in total. The maximum atomic E-state index is 12.2. The molecule has 0 aliphatic rings. The standard InChI is InChI=1S/C18H22N4O/c1-4-16(21-17-6-5-13(2)11-14(17)3)18(23)22-20-12-15-7-9-19-10-8-15/h5-12,16,21H,4H2,1-3H3,(H,22,23)/t16-/m0/s1. The number of aromatic nitrogens is 1. The van der Waals surface area contributed by atoms with Gasteiger partial charge in [-0.25, -0.2) is 5.43 Å². The zero-order valence-electron chi connectivity index (χ0n) is 13.7. The van der Waals surface area contributed by atoms with Gasteiger partial charge in [0, 0.05) is 18.1 Å². The third-order valence-corrected chi connectivity index (χ3v) is 3.53. The smallest absolute Gasteiger partial charge is 0.262 e. The molecule has 0 fully saturated rings. The number of nitrogens with one attached hydrogen (secondary N) is 2. The largest absolute Gasteiger partial charge is 0.373 e. The molecular weight excluding hydrogens is 288 g/mol. The molecule has 5 heteroatoms. The van der Waals surface area contributed by atoms with E-state index in [0.717, 1.165) is 16.8 Å². The minimum atomic E-state index is -0.328. The summed E-state index contributed by atoms with van der Waals surface area (Å²) in [5.74, 6) is -0.155. The van der Waals surface area contributed by atoms with Gasteiger partial charge in [0.25, 0.3) is 5.91 Å². The quantitative estimate of drug-likeness (QED) is 0.636. The van der Waals surface area contributed by atoms with Gasteiger partial charge in [-0.2, -0.15) is 5.10 Å². The van der Waals surface area contributed by atoms with Crippen LogP contribution in [-0.2, 0) is 4.79 Å². The second kappa shape index (κ2) is 8.08. The molecule has 0 bridgehead atoms. The lowest BCUT2D eigenvalue weighted by atomic mass is 10.1. The Labute approximate surface area is 136 Å². The highest BCUT2D eigenvalue weighted by Gasteiger charge is 2.16. The summed E-state index contributed by atoms with van der Waals surface area (Å²) < 4.78 is 0. The van der Waals surface area contributed by atoms with Gasteiger partial charge >= 0.3 is 0 Å². The molecule has 0 radical (unpaired) electrons. The van der Waals surface area contributed by atoms with Crippen molar-refractivity contribution in [1.29, 1.82) is 0 Å². The lowest BCUT2D eigenvalue weighted by Gasteiger charge is -2.18. The molecular formula is C18H22N4O. The molecule has 1 atom stereocenters. The Morgan fingerprint density at radius 3 is 2.65 bits per heavy atom. The lowest BCUT2D eigenvalue weighted by molar-refractivity contribution is -0.121. The number of pyridine rings is 1. The summed E-state index contributed by atoms with van der Waals surface area (Å²) in [4.78, 5) is 16.2. The van der Waals surface area contributed by atoms with Crippen molar-refractivity contribution in [3.8, 4) is 0 Å².